The lowest BCUT2D eigenvalue weighted by molar-refractivity contribution is -0.115. The van der Waals surface area contributed by atoms with Gasteiger partial charge in [0.25, 0.3) is 0 Å². The van der Waals surface area contributed by atoms with Crippen molar-refractivity contribution in [3.8, 4) is 0 Å². The summed E-state index contributed by atoms with van der Waals surface area (Å²) >= 11 is 13.7. The molecule has 0 aliphatic carbocycles. The van der Waals surface area contributed by atoms with Gasteiger partial charge < -0.3 is 5.32 Å². The second kappa shape index (κ2) is 7.40. The quantitative estimate of drug-likeness (QED) is 0.711. The van der Waals surface area contributed by atoms with E-state index in [2.05, 4.69) is 23.5 Å². The molecule has 0 aliphatic heterocycles. The Labute approximate surface area is 145 Å². The number of nitrogens with one attached hydrogen (secondary N) is 1. The second-order valence-corrected chi connectivity index (χ2v) is 7.31. The molecule has 0 fully saturated rings. The van der Waals surface area contributed by atoms with Gasteiger partial charge in [0.05, 0.1) is 21.0 Å². The summed E-state index contributed by atoms with van der Waals surface area (Å²) in [6.07, 6.45) is 0. The van der Waals surface area contributed by atoms with Gasteiger partial charge in [0.2, 0.25) is 5.91 Å². The van der Waals surface area contributed by atoms with Crippen LogP contribution in [0.4, 0.5) is 5.69 Å². The second-order valence-electron chi connectivity index (χ2n) is 5.11. The van der Waals surface area contributed by atoms with Crippen molar-refractivity contribution in [3.05, 3.63) is 57.6 Å². The van der Waals surface area contributed by atoms with Crippen molar-refractivity contribution in [3.63, 3.8) is 0 Å². The van der Waals surface area contributed by atoms with Gasteiger partial charge in [-0.25, -0.2) is 0 Å². The average molecular weight is 354 g/mol. The maximum atomic E-state index is 12.4. The minimum absolute atomic E-state index is 0.124. The van der Waals surface area contributed by atoms with Crippen LogP contribution in [0.15, 0.2) is 41.3 Å². The summed E-state index contributed by atoms with van der Waals surface area (Å²) in [5.41, 5.74) is 2.80. The van der Waals surface area contributed by atoms with E-state index in [9.17, 15) is 4.79 Å². The molecule has 0 saturated heterocycles. The molecule has 22 heavy (non-hydrogen) atoms. The number of para-hydroxylation sites is 1. The van der Waals surface area contributed by atoms with Crippen LogP contribution in [0.5, 0.6) is 0 Å². The maximum absolute atomic E-state index is 12.4. The van der Waals surface area contributed by atoms with Crippen LogP contribution in [0.2, 0.25) is 10.0 Å². The molecule has 0 bridgehead atoms. The maximum Gasteiger partial charge on any atom is 0.237 e. The molecule has 5 heteroatoms. The summed E-state index contributed by atoms with van der Waals surface area (Å²) in [4.78, 5) is 13.5. The Bertz CT molecular complexity index is 683. The van der Waals surface area contributed by atoms with E-state index in [1.807, 2.05) is 20.8 Å². The molecular weight excluding hydrogens is 337 g/mol. The third-order valence-corrected chi connectivity index (χ3v) is 5.12. The molecule has 1 atom stereocenters. The number of thioether (sulfide) groups is 1. The molecule has 116 valence electrons. The molecule has 1 unspecified atom stereocenters. The van der Waals surface area contributed by atoms with Gasteiger partial charge in [-0.3, -0.25) is 4.79 Å². The Morgan fingerprint density at radius 1 is 1.14 bits per heavy atom. The molecule has 0 spiro atoms. The van der Waals surface area contributed by atoms with E-state index in [0.717, 1.165) is 10.5 Å². The number of halogens is 2. The van der Waals surface area contributed by atoms with E-state index in [1.165, 1.54) is 17.3 Å². The number of aryl methyl sites for hydroxylation is 2. The molecule has 2 nitrogen and oxygen atoms in total. The number of benzene rings is 2. The number of anilines is 1. The first-order chi connectivity index (χ1) is 10.4. The molecule has 0 aliphatic rings. The van der Waals surface area contributed by atoms with Crippen molar-refractivity contribution >= 4 is 46.6 Å². The van der Waals surface area contributed by atoms with Gasteiger partial charge in [-0.05, 0) is 44.5 Å². The van der Waals surface area contributed by atoms with Crippen LogP contribution in [-0.4, -0.2) is 11.2 Å². The van der Waals surface area contributed by atoms with Gasteiger partial charge in [-0.15, -0.1) is 11.8 Å². The van der Waals surface area contributed by atoms with Crippen molar-refractivity contribution in [2.24, 2.45) is 0 Å². The van der Waals surface area contributed by atoms with Crippen LogP contribution in [0, 0.1) is 13.8 Å². The Morgan fingerprint density at radius 2 is 1.77 bits per heavy atom. The highest BCUT2D eigenvalue weighted by Crippen LogP contribution is 2.32. The van der Waals surface area contributed by atoms with Crippen molar-refractivity contribution in [1.29, 1.82) is 0 Å². The topological polar surface area (TPSA) is 29.1 Å². The van der Waals surface area contributed by atoms with Gasteiger partial charge >= 0.3 is 0 Å². The van der Waals surface area contributed by atoms with E-state index in [1.54, 1.807) is 18.2 Å². The fraction of sp³-hybridized carbons (Fsp3) is 0.235. The summed E-state index contributed by atoms with van der Waals surface area (Å²) in [7, 11) is 0. The summed E-state index contributed by atoms with van der Waals surface area (Å²) in [6.45, 7) is 5.95. The summed E-state index contributed by atoms with van der Waals surface area (Å²) < 4.78 is 0. The minimum Gasteiger partial charge on any atom is -0.323 e. The van der Waals surface area contributed by atoms with Crippen molar-refractivity contribution in [2.45, 2.75) is 30.9 Å². The van der Waals surface area contributed by atoms with Gasteiger partial charge in [0.1, 0.15) is 0 Å². The molecule has 2 rings (SSSR count). The zero-order valence-electron chi connectivity index (χ0n) is 12.6. The van der Waals surface area contributed by atoms with Crippen molar-refractivity contribution in [2.75, 3.05) is 5.32 Å². The molecule has 1 N–H and O–H groups in total. The van der Waals surface area contributed by atoms with E-state index < -0.39 is 0 Å². The Kier molecular flexibility index (Phi) is 5.79. The first kappa shape index (κ1) is 17.2. The van der Waals surface area contributed by atoms with Gasteiger partial charge in [-0.2, -0.15) is 0 Å². The summed E-state index contributed by atoms with van der Waals surface area (Å²) in [6, 6.07) is 11.4. The highest BCUT2D eigenvalue weighted by Gasteiger charge is 2.18. The summed E-state index contributed by atoms with van der Waals surface area (Å²) in [5.74, 6) is -0.124. The van der Waals surface area contributed by atoms with Crippen molar-refractivity contribution in [1.82, 2.24) is 0 Å². The first-order valence-corrected chi connectivity index (χ1v) is 8.51. The third-order valence-electron chi connectivity index (χ3n) is 3.23. The smallest absolute Gasteiger partial charge is 0.237 e. The molecule has 0 radical (unpaired) electrons. The van der Waals surface area contributed by atoms with Crippen LogP contribution in [-0.2, 0) is 4.79 Å². The van der Waals surface area contributed by atoms with E-state index in [4.69, 9.17) is 23.2 Å². The number of hydrogen-bond donors (Lipinski definition) is 1. The van der Waals surface area contributed by atoms with Crippen molar-refractivity contribution < 1.29 is 4.79 Å². The van der Waals surface area contributed by atoms with Gasteiger partial charge in [-0.1, -0.05) is 47.0 Å². The van der Waals surface area contributed by atoms with E-state index in [-0.39, 0.29) is 11.2 Å². The molecule has 1 amide bonds. The van der Waals surface area contributed by atoms with E-state index in [0.29, 0.717) is 15.7 Å². The Balaban J connectivity index is 2.11. The van der Waals surface area contributed by atoms with E-state index >= 15 is 0 Å². The predicted octanol–water partition coefficient (Wildman–Crippen LogP) is 5.73. The highest BCUT2D eigenvalue weighted by molar-refractivity contribution is 8.00. The summed E-state index contributed by atoms with van der Waals surface area (Å²) in [5, 5.41) is 3.42. The third kappa shape index (κ3) is 4.19. The average Bonchev–Trinajstić information content (AvgIpc) is 2.46. The number of hydrogen-bond acceptors (Lipinski definition) is 2. The predicted molar refractivity (Wildman–Crippen MR) is 96.3 cm³/mol. The minimum atomic E-state index is -0.257. The van der Waals surface area contributed by atoms with Crippen LogP contribution in [0.3, 0.4) is 0 Å². The fourth-order valence-corrected chi connectivity index (χ4v) is 3.47. The van der Waals surface area contributed by atoms with Crippen LogP contribution < -0.4 is 5.32 Å². The normalized spacial score (nSPS) is 12.0. The SMILES string of the molecule is Cc1ccc(C)c(SC(C)C(=O)Nc2c(Cl)cccc2Cl)c1. The van der Waals surface area contributed by atoms with Crippen LogP contribution in [0.25, 0.3) is 0 Å². The largest absolute Gasteiger partial charge is 0.323 e. The van der Waals surface area contributed by atoms with Crippen LogP contribution >= 0.6 is 35.0 Å². The molecule has 2 aromatic carbocycles. The van der Waals surface area contributed by atoms with Gasteiger partial charge in [0, 0.05) is 4.90 Å². The molecule has 0 heterocycles. The molecular formula is C17H17Cl2NOS. The molecule has 2 aromatic rings. The molecule has 0 saturated carbocycles. The number of rotatable bonds is 4. The lowest BCUT2D eigenvalue weighted by Gasteiger charge is -2.15. The van der Waals surface area contributed by atoms with Crippen LogP contribution in [0.1, 0.15) is 18.1 Å². The number of carbonyl (C=O) groups excluding carboxylic acids is 1. The zero-order chi connectivity index (χ0) is 16.3. The van der Waals surface area contributed by atoms with Gasteiger partial charge in [0.15, 0.2) is 0 Å². The monoisotopic (exact) mass is 353 g/mol. The standard InChI is InChI=1S/C17H17Cl2NOS/c1-10-7-8-11(2)15(9-10)22-12(3)17(21)20-16-13(18)5-4-6-14(16)19/h4-9,12H,1-3H3,(H,20,21). The molecule has 0 aromatic heterocycles. The first-order valence-electron chi connectivity index (χ1n) is 6.87. The fourth-order valence-electron chi connectivity index (χ4n) is 1.92. The number of carbonyl (C=O) groups is 1. The number of amides is 1. The zero-order valence-corrected chi connectivity index (χ0v) is 14.9. The lowest BCUT2D eigenvalue weighted by Crippen LogP contribution is -2.22. The highest BCUT2D eigenvalue weighted by atomic mass is 35.5. The Morgan fingerprint density at radius 3 is 2.41 bits per heavy atom. The Hall–Kier alpha value is -1.16. The lowest BCUT2D eigenvalue weighted by atomic mass is 10.2.